The number of anilines is 2. The van der Waals surface area contributed by atoms with Gasteiger partial charge in [0.1, 0.15) is 12.3 Å². The second kappa shape index (κ2) is 7.97. The molecule has 2 amide bonds. The maximum atomic E-state index is 12.3. The van der Waals surface area contributed by atoms with Gasteiger partial charge in [0.25, 0.3) is 0 Å². The lowest BCUT2D eigenvalue weighted by molar-refractivity contribution is -0.120. The number of amides is 2. The van der Waals surface area contributed by atoms with E-state index in [1.807, 2.05) is 19.1 Å². The fraction of sp³-hybridized carbons (Fsp3) is 0.211. The summed E-state index contributed by atoms with van der Waals surface area (Å²) in [6.45, 7) is 3.16. The Morgan fingerprint density at radius 2 is 1.88 bits per heavy atom. The summed E-state index contributed by atoms with van der Waals surface area (Å²) >= 11 is 0. The van der Waals surface area contributed by atoms with Gasteiger partial charge in [-0.25, -0.2) is 0 Å². The normalized spacial score (nSPS) is 9.84. The Hall–Kier alpha value is -3.33. The fourth-order valence-electron chi connectivity index (χ4n) is 2.35. The van der Waals surface area contributed by atoms with Gasteiger partial charge in [0.15, 0.2) is 0 Å². The van der Waals surface area contributed by atoms with Crippen LogP contribution in [0.3, 0.4) is 0 Å². The predicted molar refractivity (Wildman–Crippen MR) is 95.5 cm³/mol. The average molecular weight is 337 g/mol. The smallest absolute Gasteiger partial charge is 0.244 e. The molecular weight excluding hydrogens is 318 g/mol. The van der Waals surface area contributed by atoms with Crippen LogP contribution in [0.2, 0.25) is 0 Å². The summed E-state index contributed by atoms with van der Waals surface area (Å²) in [6, 6.07) is 14.0. The number of aryl methyl sites for hydroxylation is 1. The SMILES string of the molecule is COc1ccc(C)cc1N(CC(=O)Nc1ccc(C#N)cc1)C(C)=O. The quantitative estimate of drug-likeness (QED) is 0.909. The van der Waals surface area contributed by atoms with Crippen LogP contribution in [0.4, 0.5) is 11.4 Å². The summed E-state index contributed by atoms with van der Waals surface area (Å²) in [6.07, 6.45) is 0. The topological polar surface area (TPSA) is 82.4 Å². The standard InChI is InChI=1S/C19H19N3O3/c1-13-4-9-18(25-3)17(10-13)22(14(2)23)12-19(24)21-16-7-5-15(11-20)6-8-16/h4-10H,12H2,1-3H3,(H,21,24). The van der Waals surface area contributed by atoms with E-state index in [0.717, 1.165) is 5.56 Å². The number of nitrogens with one attached hydrogen (secondary N) is 1. The second-order valence-electron chi connectivity index (χ2n) is 5.52. The van der Waals surface area contributed by atoms with E-state index in [1.54, 1.807) is 36.4 Å². The molecule has 0 bridgehead atoms. The van der Waals surface area contributed by atoms with Crippen molar-refractivity contribution in [3.63, 3.8) is 0 Å². The number of carbonyl (C=O) groups excluding carboxylic acids is 2. The second-order valence-corrected chi connectivity index (χ2v) is 5.52. The number of nitrogens with zero attached hydrogens (tertiary/aromatic N) is 2. The average Bonchev–Trinajstić information content (AvgIpc) is 2.60. The highest BCUT2D eigenvalue weighted by Gasteiger charge is 2.19. The van der Waals surface area contributed by atoms with E-state index in [9.17, 15) is 9.59 Å². The lowest BCUT2D eigenvalue weighted by atomic mass is 10.2. The van der Waals surface area contributed by atoms with Gasteiger partial charge in [0, 0.05) is 12.6 Å². The third-order valence-corrected chi connectivity index (χ3v) is 3.60. The van der Waals surface area contributed by atoms with Crippen molar-refractivity contribution in [1.82, 2.24) is 0 Å². The summed E-state index contributed by atoms with van der Waals surface area (Å²) in [5, 5.41) is 11.5. The Morgan fingerprint density at radius 1 is 1.20 bits per heavy atom. The Kier molecular flexibility index (Phi) is 5.75. The van der Waals surface area contributed by atoms with E-state index in [4.69, 9.17) is 10.00 Å². The molecule has 0 saturated heterocycles. The molecule has 0 fully saturated rings. The molecule has 0 heterocycles. The zero-order valence-electron chi connectivity index (χ0n) is 14.4. The van der Waals surface area contributed by atoms with Gasteiger partial charge in [-0.3, -0.25) is 14.5 Å². The molecule has 0 saturated carbocycles. The highest BCUT2D eigenvalue weighted by molar-refractivity contribution is 6.02. The van der Waals surface area contributed by atoms with Crippen molar-refractivity contribution < 1.29 is 14.3 Å². The molecule has 2 aromatic rings. The van der Waals surface area contributed by atoms with Gasteiger partial charge in [-0.05, 0) is 48.9 Å². The molecule has 0 aliphatic heterocycles. The van der Waals surface area contributed by atoms with Crippen molar-refractivity contribution in [3.8, 4) is 11.8 Å². The summed E-state index contributed by atoms with van der Waals surface area (Å²) in [4.78, 5) is 25.7. The van der Waals surface area contributed by atoms with E-state index in [0.29, 0.717) is 22.7 Å². The molecule has 6 nitrogen and oxygen atoms in total. The van der Waals surface area contributed by atoms with Gasteiger partial charge in [0.05, 0.1) is 24.4 Å². The number of rotatable bonds is 5. The molecule has 25 heavy (non-hydrogen) atoms. The maximum absolute atomic E-state index is 12.3. The van der Waals surface area contributed by atoms with Crippen molar-refractivity contribution in [1.29, 1.82) is 5.26 Å². The van der Waals surface area contributed by atoms with E-state index >= 15 is 0 Å². The first-order chi connectivity index (χ1) is 11.9. The minimum Gasteiger partial charge on any atom is -0.495 e. The van der Waals surface area contributed by atoms with Crippen LogP contribution < -0.4 is 15.0 Å². The van der Waals surface area contributed by atoms with E-state index in [-0.39, 0.29) is 18.4 Å². The number of nitriles is 1. The highest BCUT2D eigenvalue weighted by atomic mass is 16.5. The lowest BCUT2D eigenvalue weighted by Gasteiger charge is -2.23. The number of carbonyl (C=O) groups is 2. The van der Waals surface area contributed by atoms with Crippen molar-refractivity contribution in [2.75, 3.05) is 23.9 Å². The van der Waals surface area contributed by atoms with Gasteiger partial charge in [-0.1, -0.05) is 6.07 Å². The molecule has 2 aromatic carbocycles. The largest absolute Gasteiger partial charge is 0.495 e. The molecule has 0 aromatic heterocycles. The van der Waals surface area contributed by atoms with Gasteiger partial charge >= 0.3 is 0 Å². The third-order valence-electron chi connectivity index (χ3n) is 3.60. The number of methoxy groups -OCH3 is 1. The van der Waals surface area contributed by atoms with Gasteiger partial charge in [-0.15, -0.1) is 0 Å². The Balaban J connectivity index is 2.18. The number of ether oxygens (including phenoxy) is 1. The third kappa shape index (κ3) is 4.58. The first-order valence-corrected chi connectivity index (χ1v) is 7.67. The van der Waals surface area contributed by atoms with Crippen LogP contribution in [0.5, 0.6) is 5.75 Å². The molecule has 6 heteroatoms. The van der Waals surface area contributed by atoms with Gasteiger partial charge < -0.3 is 10.1 Å². The van der Waals surface area contributed by atoms with Crippen LogP contribution in [0.1, 0.15) is 18.1 Å². The number of hydrogen-bond donors (Lipinski definition) is 1. The van der Waals surface area contributed by atoms with Crippen LogP contribution in [-0.4, -0.2) is 25.5 Å². The van der Waals surface area contributed by atoms with E-state index in [2.05, 4.69) is 5.32 Å². The van der Waals surface area contributed by atoms with Crippen molar-refractivity contribution in [2.24, 2.45) is 0 Å². The zero-order valence-corrected chi connectivity index (χ0v) is 14.4. The van der Waals surface area contributed by atoms with Crippen molar-refractivity contribution in [2.45, 2.75) is 13.8 Å². The highest BCUT2D eigenvalue weighted by Crippen LogP contribution is 2.29. The van der Waals surface area contributed by atoms with Crippen LogP contribution in [0.15, 0.2) is 42.5 Å². The number of benzene rings is 2. The fourth-order valence-corrected chi connectivity index (χ4v) is 2.35. The molecule has 128 valence electrons. The van der Waals surface area contributed by atoms with Crippen molar-refractivity contribution >= 4 is 23.2 Å². The molecule has 0 atom stereocenters. The number of hydrogen-bond acceptors (Lipinski definition) is 4. The zero-order chi connectivity index (χ0) is 18.4. The van der Waals surface area contributed by atoms with Crippen LogP contribution in [0.25, 0.3) is 0 Å². The first kappa shape index (κ1) is 18.0. The summed E-state index contributed by atoms with van der Waals surface area (Å²) < 4.78 is 5.30. The van der Waals surface area contributed by atoms with Crippen LogP contribution in [0, 0.1) is 18.3 Å². The Bertz CT molecular complexity index is 823. The summed E-state index contributed by atoms with van der Waals surface area (Å²) in [5.41, 5.74) is 2.57. The first-order valence-electron chi connectivity index (χ1n) is 7.67. The molecule has 2 rings (SSSR count). The molecule has 1 N–H and O–H groups in total. The van der Waals surface area contributed by atoms with Crippen LogP contribution >= 0.6 is 0 Å². The van der Waals surface area contributed by atoms with Gasteiger partial charge in [-0.2, -0.15) is 5.26 Å². The Morgan fingerprint density at radius 3 is 2.44 bits per heavy atom. The molecular formula is C19H19N3O3. The Labute approximate surface area is 146 Å². The molecule has 0 unspecified atom stereocenters. The predicted octanol–water partition coefficient (Wildman–Crippen LogP) is 2.87. The van der Waals surface area contributed by atoms with E-state index in [1.165, 1.54) is 18.9 Å². The maximum Gasteiger partial charge on any atom is 0.244 e. The molecule has 0 aliphatic carbocycles. The lowest BCUT2D eigenvalue weighted by Crippen LogP contribution is -2.37. The molecule has 0 aliphatic rings. The molecule has 0 radical (unpaired) electrons. The molecule has 0 spiro atoms. The summed E-state index contributed by atoms with van der Waals surface area (Å²) in [7, 11) is 1.52. The minimum absolute atomic E-state index is 0.144. The summed E-state index contributed by atoms with van der Waals surface area (Å²) in [5.74, 6) is -0.0886. The van der Waals surface area contributed by atoms with Crippen LogP contribution in [-0.2, 0) is 9.59 Å². The van der Waals surface area contributed by atoms with E-state index < -0.39 is 0 Å². The minimum atomic E-state index is -0.344. The van der Waals surface area contributed by atoms with Gasteiger partial charge in [0.2, 0.25) is 11.8 Å². The monoisotopic (exact) mass is 337 g/mol. The van der Waals surface area contributed by atoms with Crippen molar-refractivity contribution in [3.05, 3.63) is 53.6 Å².